The summed E-state index contributed by atoms with van der Waals surface area (Å²) in [6.45, 7) is 12.8. The van der Waals surface area contributed by atoms with E-state index in [2.05, 4.69) is 44.4 Å². The molecule has 0 atom stereocenters. The van der Waals surface area contributed by atoms with E-state index >= 15 is 0 Å². The summed E-state index contributed by atoms with van der Waals surface area (Å²) >= 11 is 2.11. The average Bonchev–Trinajstić information content (AvgIpc) is 2.16. The highest BCUT2D eigenvalue weighted by Crippen LogP contribution is 2.09. The van der Waals surface area contributed by atoms with Crippen LogP contribution in [0.4, 0.5) is 0 Å². The molecule has 0 heterocycles. The first-order valence-electron chi connectivity index (χ1n) is 6.00. The third-order valence-electron chi connectivity index (χ3n) is 2.52. The Balaban J connectivity index is 3.12. The lowest BCUT2D eigenvalue weighted by Gasteiger charge is -2.17. The van der Waals surface area contributed by atoms with Crippen molar-refractivity contribution in [2.75, 3.05) is 31.1 Å². The molecule has 0 radical (unpaired) electrons. The molecule has 0 N–H and O–H groups in total. The van der Waals surface area contributed by atoms with Gasteiger partial charge in [-0.3, -0.25) is 0 Å². The van der Waals surface area contributed by atoms with Crippen LogP contribution in [-0.2, 0) is 0 Å². The van der Waals surface area contributed by atoms with Gasteiger partial charge in [0.2, 0.25) is 0 Å². The Morgan fingerprint density at radius 1 is 1.07 bits per heavy atom. The lowest BCUT2D eigenvalue weighted by atomic mass is 10.1. The van der Waals surface area contributed by atoms with Crippen LogP contribution < -0.4 is 0 Å². The highest BCUT2D eigenvalue weighted by atomic mass is 32.2. The van der Waals surface area contributed by atoms with Crippen LogP contribution >= 0.6 is 11.8 Å². The molecular formula is C12H27NS. The molecule has 0 amide bonds. The van der Waals surface area contributed by atoms with Gasteiger partial charge in [-0.15, -0.1) is 0 Å². The van der Waals surface area contributed by atoms with Gasteiger partial charge in [0.05, 0.1) is 0 Å². The van der Waals surface area contributed by atoms with Gasteiger partial charge in [-0.05, 0) is 31.2 Å². The monoisotopic (exact) mass is 217 g/mol. The van der Waals surface area contributed by atoms with E-state index in [-0.39, 0.29) is 0 Å². The van der Waals surface area contributed by atoms with Crippen LogP contribution in [0.15, 0.2) is 0 Å². The standard InChI is InChI=1S/C12H27NS/c1-5-13(6-2)9-11-14-10-7-8-12(3)4/h12H,5-11H2,1-4H3. The molecule has 0 spiro atoms. The van der Waals surface area contributed by atoms with Crippen molar-refractivity contribution in [3.05, 3.63) is 0 Å². The van der Waals surface area contributed by atoms with Gasteiger partial charge in [0.25, 0.3) is 0 Å². The zero-order valence-electron chi connectivity index (χ0n) is 10.4. The first-order valence-corrected chi connectivity index (χ1v) is 7.16. The zero-order valence-corrected chi connectivity index (χ0v) is 11.2. The Kier molecular flexibility index (Phi) is 10.1. The van der Waals surface area contributed by atoms with Crippen LogP contribution in [0.3, 0.4) is 0 Å². The highest BCUT2D eigenvalue weighted by molar-refractivity contribution is 7.99. The second-order valence-electron chi connectivity index (χ2n) is 4.18. The molecule has 0 saturated carbocycles. The molecule has 0 fully saturated rings. The molecule has 0 saturated heterocycles. The maximum atomic E-state index is 2.50. The van der Waals surface area contributed by atoms with E-state index in [4.69, 9.17) is 0 Å². The third-order valence-corrected chi connectivity index (χ3v) is 3.57. The molecule has 86 valence electrons. The van der Waals surface area contributed by atoms with Gasteiger partial charge >= 0.3 is 0 Å². The van der Waals surface area contributed by atoms with Gasteiger partial charge in [0.15, 0.2) is 0 Å². The molecule has 0 aliphatic rings. The second kappa shape index (κ2) is 9.85. The zero-order chi connectivity index (χ0) is 10.8. The van der Waals surface area contributed by atoms with Crippen molar-refractivity contribution in [2.24, 2.45) is 5.92 Å². The Morgan fingerprint density at radius 3 is 2.21 bits per heavy atom. The van der Waals surface area contributed by atoms with Crippen molar-refractivity contribution >= 4 is 11.8 Å². The quantitative estimate of drug-likeness (QED) is 0.544. The summed E-state index contributed by atoms with van der Waals surface area (Å²) in [6.07, 6.45) is 2.78. The minimum atomic E-state index is 0.874. The van der Waals surface area contributed by atoms with E-state index in [0.717, 1.165) is 5.92 Å². The fourth-order valence-corrected chi connectivity index (χ4v) is 2.39. The number of hydrogen-bond acceptors (Lipinski definition) is 2. The summed E-state index contributed by atoms with van der Waals surface area (Å²) in [5.41, 5.74) is 0. The molecule has 0 bridgehead atoms. The predicted octanol–water partition coefficient (Wildman–Crippen LogP) is 3.50. The SMILES string of the molecule is CCN(CC)CCSCCCC(C)C. The van der Waals surface area contributed by atoms with Crippen LogP contribution in [0, 0.1) is 5.92 Å². The maximum Gasteiger partial charge on any atom is 0.00721 e. The number of thioether (sulfide) groups is 1. The van der Waals surface area contributed by atoms with Crippen molar-refractivity contribution < 1.29 is 0 Å². The first kappa shape index (κ1) is 14.3. The van der Waals surface area contributed by atoms with E-state index in [9.17, 15) is 0 Å². The molecule has 14 heavy (non-hydrogen) atoms. The third kappa shape index (κ3) is 8.89. The summed E-state index contributed by atoms with van der Waals surface area (Å²) in [5, 5.41) is 0. The van der Waals surface area contributed by atoms with Crippen LogP contribution in [0.2, 0.25) is 0 Å². The first-order chi connectivity index (χ1) is 6.70. The van der Waals surface area contributed by atoms with Crippen molar-refractivity contribution in [2.45, 2.75) is 40.5 Å². The van der Waals surface area contributed by atoms with E-state index in [0.29, 0.717) is 0 Å². The second-order valence-corrected chi connectivity index (χ2v) is 5.40. The normalized spacial score (nSPS) is 11.6. The van der Waals surface area contributed by atoms with Gasteiger partial charge in [-0.2, -0.15) is 11.8 Å². The number of rotatable bonds is 9. The Morgan fingerprint density at radius 2 is 1.71 bits per heavy atom. The number of nitrogens with zero attached hydrogens (tertiary/aromatic N) is 1. The van der Waals surface area contributed by atoms with Crippen molar-refractivity contribution in [1.82, 2.24) is 4.90 Å². The minimum absolute atomic E-state index is 0.874. The molecule has 0 aromatic heterocycles. The lowest BCUT2D eigenvalue weighted by Crippen LogP contribution is -2.25. The van der Waals surface area contributed by atoms with Crippen molar-refractivity contribution in [3.8, 4) is 0 Å². The molecule has 1 nitrogen and oxygen atoms in total. The topological polar surface area (TPSA) is 3.24 Å². The largest absolute Gasteiger partial charge is 0.303 e. The van der Waals surface area contributed by atoms with Crippen LogP contribution in [0.5, 0.6) is 0 Å². The molecule has 0 rings (SSSR count). The van der Waals surface area contributed by atoms with Gasteiger partial charge < -0.3 is 4.90 Å². The van der Waals surface area contributed by atoms with Crippen LogP contribution in [0.25, 0.3) is 0 Å². The Bertz CT molecular complexity index is 111. The maximum absolute atomic E-state index is 2.50. The van der Waals surface area contributed by atoms with Crippen molar-refractivity contribution in [1.29, 1.82) is 0 Å². The van der Waals surface area contributed by atoms with E-state index < -0.39 is 0 Å². The Labute approximate surface area is 94.6 Å². The lowest BCUT2D eigenvalue weighted by molar-refractivity contribution is 0.324. The average molecular weight is 217 g/mol. The minimum Gasteiger partial charge on any atom is -0.303 e. The molecule has 0 aliphatic carbocycles. The Hall–Kier alpha value is 0.310. The van der Waals surface area contributed by atoms with Gasteiger partial charge in [-0.1, -0.05) is 34.1 Å². The molecule has 0 aromatic rings. The summed E-state index contributed by atoms with van der Waals surface area (Å²) in [7, 11) is 0. The molecule has 0 aromatic carbocycles. The molecule has 2 heteroatoms. The van der Waals surface area contributed by atoms with E-state index in [1.165, 1.54) is 44.0 Å². The van der Waals surface area contributed by atoms with Crippen LogP contribution in [0.1, 0.15) is 40.5 Å². The predicted molar refractivity (Wildman–Crippen MR) is 69.2 cm³/mol. The molecule has 0 unspecified atom stereocenters. The summed E-state index contributed by atoms with van der Waals surface area (Å²) < 4.78 is 0. The van der Waals surface area contributed by atoms with Crippen molar-refractivity contribution in [3.63, 3.8) is 0 Å². The fourth-order valence-electron chi connectivity index (χ4n) is 1.43. The van der Waals surface area contributed by atoms with Gasteiger partial charge in [0.1, 0.15) is 0 Å². The van der Waals surface area contributed by atoms with E-state index in [1.54, 1.807) is 0 Å². The van der Waals surface area contributed by atoms with E-state index in [1.807, 2.05) is 0 Å². The molecular weight excluding hydrogens is 190 g/mol. The smallest absolute Gasteiger partial charge is 0.00721 e. The van der Waals surface area contributed by atoms with Crippen LogP contribution in [-0.4, -0.2) is 36.0 Å². The fraction of sp³-hybridized carbons (Fsp3) is 1.00. The highest BCUT2D eigenvalue weighted by Gasteiger charge is 1.98. The van der Waals surface area contributed by atoms with Gasteiger partial charge in [0, 0.05) is 12.3 Å². The molecule has 0 aliphatic heterocycles. The van der Waals surface area contributed by atoms with Gasteiger partial charge in [-0.25, -0.2) is 0 Å². The summed E-state index contributed by atoms with van der Waals surface area (Å²) in [4.78, 5) is 2.50. The summed E-state index contributed by atoms with van der Waals surface area (Å²) in [6, 6.07) is 0. The number of hydrogen-bond donors (Lipinski definition) is 0. The summed E-state index contributed by atoms with van der Waals surface area (Å²) in [5.74, 6) is 3.53.